The van der Waals surface area contributed by atoms with Crippen molar-refractivity contribution in [1.29, 1.82) is 0 Å². The van der Waals surface area contributed by atoms with E-state index in [0.29, 0.717) is 0 Å². The van der Waals surface area contributed by atoms with E-state index >= 15 is 0 Å². The molecular formula is C2HF6LiO3S. The van der Waals surface area contributed by atoms with Gasteiger partial charge in [0.1, 0.15) is 0 Å². The summed E-state index contributed by atoms with van der Waals surface area (Å²) in [5.74, 6) is 0. The monoisotopic (exact) mass is 226 g/mol. The molecule has 0 aliphatic rings. The summed E-state index contributed by atoms with van der Waals surface area (Å²) in [6, 6.07) is 0. The van der Waals surface area contributed by atoms with Crippen molar-refractivity contribution in [3.8, 4) is 0 Å². The van der Waals surface area contributed by atoms with E-state index in [-0.39, 0.29) is 18.9 Å². The Morgan fingerprint density at radius 3 is 1.31 bits per heavy atom. The van der Waals surface area contributed by atoms with Gasteiger partial charge in [0, 0.05) is 0 Å². The molecule has 0 rings (SSSR count). The summed E-state index contributed by atoms with van der Waals surface area (Å²) in [5, 5.41) is 0. The van der Waals surface area contributed by atoms with Crippen LogP contribution in [-0.2, 0) is 14.3 Å². The summed E-state index contributed by atoms with van der Waals surface area (Å²) in [6.45, 7) is 0. The molecule has 0 aliphatic heterocycles. The van der Waals surface area contributed by atoms with Gasteiger partial charge in [-0.3, -0.25) is 0 Å². The first-order valence-electron chi connectivity index (χ1n) is 2.04. The van der Waals surface area contributed by atoms with Gasteiger partial charge in [-0.2, -0.15) is 25.8 Å². The fraction of sp³-hybridized carbons (Fsp3) is 1.00. The number of hydrogen-bond acceptors (Lipinski definition) is 3. The first kappa shape index (κ1) is 15.6. The maximum atomic E-state index is 11.2. The predicted octanol–water partition coefficient (Wildman–Crippen LogP) is 0.724. The second-order valence-electron chi connectivity index (χ2n) is 1.43. The quantitative estimate of drug-likeness (QED) is 0.286. The van der Waals surface area contributed by atoms with Crippen molar-refractivity contribution in [1.82, 2.24) is 0 Å². The van der Waals surface area contributed by atoms with Gasteiger partial charge >= 0.3 is 40.8 Å². The van der Waals surface area contributed by atoms with E-state index in [9.17, 15) is 34.8 Å². The fourth-order valence-corrected chi connectivity index (χ4v) is 0.515. The van der Waals surface area contributed by atoms with Crippen molar-refractivity contribution >= 4 is 29.0 Å². The second-order valence-corrected chi connectivity index (χ2v) is 2.97. The van der Waals surface area contributed by atoms with Crippen LogP contribution in [0.5, 0.6) is 0 Å². The fourth-order valence-electron chi connectivity index (χ4n) is 0.172. The average molecular weight is 226 g/mol. The van der Waals surface area contributed by atoms with Gasteiger partial charge in [0.25, 0.3) is 0 Å². The van der Waals surface area contributed by atoms with Crippen molar-refractivity contribution in [3.63, 3.8) is 0 Å². The Morgan fingerprint density at radius 1 is 0.923 bits per heavy atom. The molecule has 0 heterocycles. The predicted molar refractivity (Wildman–Crippen MR) is 29.3 cm³/mol. The van der Waals surface area contributed by atoms with Crippen LogP contribution in [0.15, 0.2) is 0 Å². The van der Waals surface area contributed by atoms with Gasteiger partial charge in [-0.1, -0.05) is 0 Å². The van der Waals surface area contributed by atoms with Crippen LogP contribution in [0.4, 0.5) is 26.3 Å². The molecule has 0 N–H and O–H groups in total. The van der Waals surface area contributed by atoms with Crippen molar-refractivity contribution in [2.24, 2.45) is 0 Å². The van der Waals surface area contributed by atoms with Crippen LogP contribution in [0, 0.1) is 0 Å². The molecule has 0 aromatic heterocycles. The standard InChI is InChI=1S/C2F6O3S.Li.H/c3-1(4,5)11-12(9,10)2(6,7)8;;. The molecule has 0 aromatic rings. The molecule has 0 spiro atoms. The van der Waals surface area contributed by atoms with Crippen LogP contribution >= 0.6 is 0 Å². The zero-order chi connectivity index (χ0) is 10.2. The van der Waals surface area contributed by atoms with Gasteiger partial charge < -0.3 is 0 Å². The van der Waals surface area contributed by atoms with Crippen molar-refractivity contribution in [2.75, 3.05) is 0 Å². The van der Waals surface area contributed by atoms with Gasteiger partial charge in [0.15, 0.2) is 0 Å². The Labute approximate surface area is 80.3 Å². The molecule has 0 aliphatic carbocycles. The maximum absolute atomic E-state index is 11.2. The van der Waals surface area contributed by atoms with Gasteiger partial charge in [0.05, 0.1) is 0 Å². The molecule has 76 valence electrons. The molecule has 0 fully saturated rings. The van der Waals surface area contributed by atoms with E-state index in [1.54, 1.807) is 0 Å². The van der Waals surface area contributed by atoms with Gasteiger partial charge in [-0.25, -0.2) is 0 Å². The zero-order valence-corrected chi connectivity index (χ0v) is 5.72. The van der Waals surface area contributed by atoms with Crippen LogP contribution in [-0.4, -0.2) is 39.1 Å². The van der Waals surface area contributed by atoms with Crippen molar-refractivity contribution in [2.45, 2.75) is 11.9 Å². The van der Waals surface area contributed by atoms with E-state index in [1.165, 1.54) is 0 Å². The molecule has 13 heavy (non-hydrogen) atoms. The topological polar surface area (TPSA) is 43.4 Å². The molecule has 3 nitrogen and oxygen atoms in total. The third kappa shape index (κ3) is 5.40. The van der Waals surface area contributed by atoms with Gasteiger partial charge in [-0.15, -0.1) is 13.2 Å². The summed E-state index contributed by atoms with van der Waals surface area (Å²) >= 11 is 0. The molecule has 0 amide bonds. The van der Waals surface area contributed by atoms with Gasteiger partial charge in [0.2, 0.25) is 0 Å². The summed E-state index contributed by atoms with van der Waals surface area (Å²) in [5.41, 5.74) is -6.07. The second kappa shape index (κ2) is 4.08. The van der Waals surface area contributed by atoms with E-state index in [4.69, 9.17) is 0 Å². The SMILES string of the molecule is O=S(=O)(OC(F)(F)F)C(F)(F)F.[LiH]. The summed E-state index contributed by atoms with van der Waals surface area (Å²) in [6.07, 6.45) is -5.87. The minimum atomic E-state index is -6.58. The third-order valence-electron chi connectivity index (χ3n) is 0.488. The summed E-state index contributed by atoms with van der Waals surface area (Å²) in [4.78, 5) is 0. The molecular weight excluding hydrogens is 225 g/mol. The molecule has 0 atom stereocenters. The molecule has 0 aromatic carbocycles. The Balaban J connectivity index is 0. The van der Waals surface area contributed by atoms with Crippen molar-refractivity contribution < 1.29 is 38.9 Å². The Kier molecular flexibility index (Phi) is 4.88. The Hall–Kier alpha value is 0.0874. The minimum absolute atomic E-state index is 0. The molecule has 0 bridgehead atoms. The van der Waals surface area contributed by atoms with E-state index in [2.05, 4.69) is 0 Å². The molecule has 0 saturated heterocycles. The third-order valence-corrected chi connectivity index (χ3v) is 1.46. The average Bonchev–Trinajstić information content (AvgIpc) is 1.52. The zero-order valence-electron chi connectivity index (χ0n) is 4.90. The summed E-state index contributed by atoms with van der Waals surface area (Å²) < 4.78 is 87.4. The van der Waals surface area contributed by atoms with E-state index in [0.717, 1.165) is 0 Å². The van der Waals surface area contributed by atoms with Crippen LogP contribution < -0.4 is 0 Å². The van der Waals surface area contributed by atoms with Crippen LogP contribution in [0.3, 0.4) is 0 Å². The first-order valence-corrected chi connectivity index (χ1v) is 3.45. The number of halogens is 6. The first-order chi connectivity index (χ1) is 4.96. The van der Waals surface area contributed by atoms with Gasteiger partial charge in [-0.05, 0) is 0 Å². The molecule has 0 saturated carbocycles. The normalized spacial score (nSPS) is 13.7. The van der Waals surface area contributed by atoms with Crippen molar-refractivity contribution in [3.05, 3.63) is 0 Å². The van der Waals surface area contributed by atoms with E-state index < -0.39 is 22.0 Å². The number of hydrogen-bond donors (Lipinski definition) is 0. The molecule has 0 unspecified atom stereocenters. The van der Waals surface area contributed by atoms with E-state index in [1.807, 2.05) is 4.18 Å². The summed E-state index contributed by atoms with van der Waals surface area (Å²) in [7, 11) is -6.58. The number of rotatable bonds is 1. The van der Waals surface area contributed by atoms with Crippen LogP contribution in [0.25, 0.3) is 0 Å². The van der Waals surface area contributed by atoms with Crippen LogP contribution in [0.2, 0.25) is 0 Å². The molecule has 11 heteroatoms. The Bertz CT molecular complexity index is 250. The van der Waals surface area contributed by atoms with Crippen LogP contribution in [0.1, 0.15) is 0 Å². The number of alkyl halides is 6. The molecule has 0 radical (unpaired) electrons. The Morgan fingerprint density at radius 2 is 1.23 bits per heavy atom.